The average molecular weight is 473 g/mol. The second-order valence-electron chi connectivity index (χ2n) is 8.84. The molecule has 35 heavy (non-hydrogen) atoms. The minimum Gasteiger partial charge on any atom is -0.298 e. The predicted molar refractivity (Wildman–Crippen MR) is 124 cm³/mol. The monoisotopic (exact) mass is 473 g/mol. The van der Waals surface area contributed by atoms with Gasteiger partial charge < -0.3 is 0 Å². The van der Waals surface area contributed by atoms with Gasteiger partial charge in [-0.05, 0) is 30.2 Å². The number of amides is 4. The van der Waals surface area contributed by atoms with Gasteiger partial charge in [-0.25, -0.2) is 4.98 Å². The second-order valence-corrected chi connectivity index (χ2v) is 8.84. The van der Waals surface area contributed by atoms with Crippen LogP contribution in [0.25, 0.3) is 0 Å². The Bertz CT molecular complexity index is 1250. The number of nitrogens with one attached hydrogen (secondary N) is 2. The number of rotatable bonds is 7. The van der Waals surface area contributed by atoms with Crippen LogP contribution in [0.2, 0.25) is 0 Å². The van der Waals surface area contributed by atoms with Gasteiger partial charge in [-0.1, -0.05) is 18.1 Å². The van der Waals surface area contributed by atoms with Gasteiger partial charge in [0.05, 0.1) is 23.4 Å². The van der Waals surface area contributed by atoms with E-state index >= 15 is 0 Å². The van der Waals surface area contributed by atoms with E-state index in [9.17, 15) is 19.2 Å². The third-order valence-corrected chi connectivity index (χ3v) is 6.38. The number of likely N-dealkylation sites (tertiary alicyclic amines) is 1. The van der Waals surface area contributed by atoms with E-state index in [1.807, 2.05) is 12.1 Å². The number of hydrogen-bond acceptors (Lipinski definition) is 8. The SMILES string of the molecule is C#Cc1ccc(CN2CC(CONc3cccc4c3C(=O)N(C3CCC(=O)NC3=O)C4=O)C2)cn1. The number of fused-ring (bicyclic) bond motifs is 1. The Balaban J connectivity index is 1.15. The molecule has 1 unspecified atom stereocenters. The molecule has 0 bridgehead atoms. The van der Waals surface area contributed by atoms with Crippen molar-refractivity contribution in [2.45, 2.75) is 25.4 Å². The van der Waals surface area contributed by atoms with Crippen LogP contribution < -0.4 is 10.8 Å². The molecule has 2 fully saturated rings. The van der Waals surface area contributed by atoms with E-state index in [2.05, 4.69) is 26.6 Å². The summed E-state index contributed by atoms with van der Waals surface area (Å²) in [6, 6.07) is 7.63. The summed E-state index contributed by atoms with van der Waals surface area (Å²) in [4.78, 5) is 62.8. The molecule has 178 valence electrons. The fraction of sp³-hybridized carbons (Fsp3) is 0.320. The zero-order valence-corrected chi connectivity index (χ0v) is 18.8. The van der Waals surface area contributed by atoms with E-state index in [0.29, 0.717) is 23.9 Å². The van der Waals surface area contributed by atoms with Gasteiger partial charge in [0.1, 0.15) is 11.7 Å². The number of benzene rings is 1. The zero-order chi connectivity index (χ0) is 24.5. The summed E-state index contributed by atoms with van der Waals surface area (Å²) in [5.74, 6) is 0.634. The quantitative estimate of drug-likeness (QED) is 0.346. The van der Waals surface area contributed by atoms with Crippen molar-refractivity contribution in [3.63, 3.8) is 0 Å². The highest BCUT2D eigenvalue weighted by molar-refractivity contribution is 6.25. The summed E-state index contributed by atoms with van der Waals surface area (Å²) >= 11 is 0. The summed E-state index contributed by atoms with van der Waals surface area (Å²) in [5, 5.41) is 2.19. The average Bonchev–Trinajstić information content (AvgIpc) is 3.08. The van der Waals surface area contributed by atoms with Crippen molar-refractivity contribution in [1.82, 2.24) is 20.1 Å². The molecule has 0 aliphatic carbocycles. The molecule has 10 heteroatoms. The molecule has 0 spiro atoms. The molecule has 3 aliphatic heterocycles. The van der Waals surface area contributed by atoms with Gasteiger partial charge in [-0.3, -0.25) is 44.6 Å². The molecule has 1 aromatic heterocycles. The maximum atomic E-state index is 13.1. The molecule has 0 radical (unpaired) electrons. The molecule has 5 rings (SSSR count). The van der Waals surface area contributed by atoms with Crippen LogP contribution in [0.5, 0.6) is 0 Å². The van der Waals surface area contributed by atoms with Crippen molar-refractivity contribution < 1.29 is 24.0 Å². The van der Waals surface area contributed by atoms with Crippen molar-refractivity contribution in [3.05, 3.63) is 58.9 Å². The largest absolute Gasteiger partial charge is 0.298 e. The third kappa shape index (κ3) is 4.39. The summed E-state index contributed by atoms with van der Waals surface area (Å²) in [5.41, 5.74) is 5.25. The number of carbonyl (C=O) groups excluding carboxylic acids is 4. The van der Waals surface area contributed by atoms with Crippen molar-refractivity contribution in [2.24, 2.45) is 5.92 Å². The van der Waals surface area contributed by atoms with Crippen molar-refractivity contribution in [3.8, 4) is 12.3 Å². The van der Waals surface area contributed by atoms with E-state index in [1.165, 1.54) is 0 Å². The first-order chi connectivity index (χ1) is 16.9. The summed E-state index contributed by atoms with van der Waals surface area (Å²) in [6.07, 6.45) is 7.30. The predicted octanol–water partition coefficient (Wildman–Crippen LogP) is 0.940. The lowest BCUT2D eigenvalue weighted by Crippen LogP contribution is -2.54. The number of hydrogen-bond donors (Lipinski definition) is 2. The van der Waals surface area contributed by atoms with Gasteiger partial charge in [-0.15, -0.1) is 6.42 Å². The second kappa shape index (κ2) is 9.29. The molecular formula is C25H23N5O5. The van der Waals surface area contributed by atoms with Crippen LogP contribution in [0, 0.1) is 18.3 Å². The Morgan fingerprint density at radius 2 is 1.97 bits per heavy atom. The number of imide groups is 2. The minimum atomic E-state index is -1.01. The Morgan fingerprint density at radius 3 is 2.69 bits per heavy atom. The van der Waals surface area contributed by atoms with Crippen LogP contribution in [0.15, 0.2) is 36.5 Å². The van der Waals surface area contributed by atoms with Crippen LogP contribution in [0.4, 0.5) is 5.69 Å². The summed E-state index contributed by atoms with van der Waals surface area (Å²) in [6.45, 7) is 2.91. The van der Waals surface area contributed by atoms with E-state index in [-0.39, 0.29) is 24.0 Å². The fourth-order valence-corrected chi connectivity index (χ4v) is 4.61. The summed E-state index contributed by atoms with van der Waals surface area (Å²) < 4.78 is 0. The molecule has 1 atom stereocenters. The number of nitrogens with zero attached hydrogens (tertiary/aromatic N) is 3. The first-order valence-corrected chi connectivity index (χ1v) is 11.3. The Labute approximate surface area is 201 Å². The fourth-order valence-electron chi connectivity index (χ4n) is 4.61. The molecule has 0 saturated carbocycles. The van der Waals surface area contributed by atoms with E-state index in [0.717, 1.165) is 30.1 Å². The number of terminal acetylenes is 1. The lowest BCUT2D eigenvalue weighted by atomic mass is 10.0. The van der Waals surface area contributed by atoms with Crippen LogP contribution in [0.3, 0.4) is 0 Å². The van der Waals surface area contributed by atoms with Gasteiger partial charge in [0, 0.05) is 38.2 Å². The number of aromatic nitrogens is 1. The standard InChI is InChI=1S/C25H23N5O5/c1-2-17-7-6-15(10-26-17)11-29-12-16(13-29)14-35-28-19-5-3-4-18-22(19)25(34)30(24(18)33)20-8-9-21(31)27-23(20)32/h1,3-7,10,16,20,28H,8-9,11-14H2,(H,27,31,32). The van der Waals surface area contributed by atoms with Gasteiger partial charge in [0.2, 0.25) is 11.8 Å². The van der Waals surface area contributed by atoms with Crippen LogP contribution >= 0.6 is 0 Å². The molecular weight excluding hydrogens is 450 g/mol. The van der Waals surface area contributed by atoms with Gasteiger partial charge in [0.15, 0.2) is 0 Å². The Morgan fingerprint density at radius 1 is 1.14 bits per heavy atom. The van der Waals surface area contributed by atoms with E-state index in [1.54, 1.807) is 24.4 Å². The molecule has 3 aliphatic rings. The van der Waals surface area contributed by atoms with E-state index < -0.39 is 29.7 Å². The van der Waals surface area contributed by atoms with Crippen LogP contribution in [-0.2, 0) is 21.0 Å². The highest BCUT2D eigenvalue weighted by Crippen LogP contribution is 2.32. The lowest BCUT2D eigenvalue weighted by molar-refractivity contribution is -0.136. The van der Waals surface area contributed by atoms with Crippen LogP contribution in [0.1, 0.15) is 44.8 Å². The minimum absolute atomic E-state index is 0.0726. The number of anilines is 1. The lowest BCUT2D eigenvalue weighted by Gasteiger charge is -2.38. The molecule has 4 amide bonds. The first-order valence-electron chi connectivity index (χ1n) is 11.3. The van der Waals surface area contributed by atoms with Gasteiger partial charge in [-0.2, -0.15) is 0 Å². The first kappa shape index (κ1) is 22.7. The molecule has 4 heterocycles. The molecule has 2 aromatic rings. The normalized spacial score (nSPS) is 20.3. The highest BCUT2D eigenvalue weighted by atomic mass is 16.6. The summed E-state index contributed by atoms with van der Waals surface area (Å²) in [7, 11) is 0. The van der Waals surface area contributed by atoms with Crippen molar-refractivity contribution in [2.75, 3.05) is 25.2 Å². The van der Waals surface area contributed by atoms with Gasteiger partial charge in [0.25, 0.3) is 11.8 Å². The zero-order valence-electron chi connectivity index (χ0n) is 18.8. The molecule has 2 N–H and O–H groups in total. The number of piperidine rings is 1. The molecule has 10 nitrogen and oxygen atoms in total. The maximum absolute atomic E-state index is 13.1. The van der Waals surface area contributed by atoms with E-state index in [4.69, 9.17) is 11.3 Å². The number of pyridine rings is 1. The van der Waals surface area contributed by atoms with Crippen molar-refractivity contribution in [1.29, 1.82) is 0 Å². The van der Waals surface area contributed by atoms with Crippen molar-refractivity contribution >= 4 is 29.3 Å². The Kier molecular flexibility index (Phi) is 6.03. The number of carbonyl (C=O) groups is 4. The highest BCUT2D eigenvalue weighted by Gasteiger charge is 2.45. The van der Waals surface area contributed by atoms with Crippen LogP contribution in [-0.4, -0.2) is 64.2 Å². The third-order valence-electron chi connectivity index (χ3n) is 6.38. The Hall–Kier alpha value is -4.07. The maximum Gasteiger partial charge on any atom is 0.264 e. The topological polar surface area (TPSA) is 121 Å². The van der Waals surface area contributed by atoms with Gasteiger partial charge >= 0.3 is 0 Å². The molecule has 2 saturated heterocycles. The molecule has 1 aromatic carbocycles. The smallest absolute Gasteiger partial charge is 0.264 e.